The van der Waals surface area contributed by atoms with E-state index in [9.17, 15) is 14.0 Å². The van der Waals surface area contributed by atoms with Gasteiger partial charge in [0.1, 0.15) is 11.6 Å². The van der Waals surface area contributed by atoms with Crippen molar-refractivity contribution in [2.75, 3.05) is 28.6 Å². The van der Waals surface area contributed by atoms with E-state index in [-0.39, 0.29) is 23.8 Å². The molecular formula is C20H23FN4O3. The molecule has 148 valence electrons. The first-order chi connectivity index (χ1) is 13.3. The summed E-state index contributed by atoms with van der Waals surface area (Å²) in [5.41, 5.74) is 0.757. The number of benzene rings is 1. The van der Waals surface area contributed by atoms with Crippen molar-refractivity contribution in [2.45, 2.75) is 33.0 Å². The van der Waals surface area contributed by atoms with Crippen LogP contribution in [-0.2, 0) is 9.53 Å². The van der Waals surface area contributed by atoms with Crippen molar-refractivity contribution in [3.8, 4) is 0 Å². The molecule has 2 amide bonds. The lowest BCUT2D eigenvalue weighted by atomic mass is 10.2. The number of hydrogen-bond acceptors (Lipinski definition) is 5. The number of hydrogen-bond donors (Lipinski definition) is 2. The molecule has 0 bridgehead atoms. The molecule has 1 aliphatic rings. The monoisotopic (exact) mass is 386 g/mol. The van der Waals surface area contributed by atoms with Crippen molar-refractivity contribution < 1.29 is 18.7 Å². The quantitative estimate of drug-likeness (QED) is 0.844. The van der Waals surface area contributed by atoms with Crippen LogP contribution in [-0.4, -0.2) is 42.1 Å². The van der Waals surface area contributed by atoms with Crippen molar-refractivity contribution in [1.29, 1.82) is 0 Å². The summed E-state index contributed by atoms with van der Waals surface area (Å²) in [5, 5.41) is 5.07. The zero-order chi connectivity index (χ0) is 20.3. The highest BCUT2D eigenvalue weighted by Crippen LogP contribution is 2.21. The average Bonchev–Trinajstić information content (AvgIpc) is 2.63. The van der Waals surface area contributed by atoms with Gasteiger partial charge in [0.2, 0.25) is 5.91 Å². The zero-order valence-electron chi connectivity index (χ0n) is 16.0. The van der Waals surface area contributed by atoms with Crippen LogP contribution in [0.5, 0.6) is 0 Å². The fourth-order valence-corrected chi connectivity index (χ4v) is 3.16. The number of amides is 2. The molecule has 1 aromatic carbocycles. The second kappa shape index (κ2) is 8.35. The molecule has 0 unspecified atom stereocenters. The van der Waals surface area contributed by atoms with Crippen molar-refractivity contribution in [3.05, 3.63) is 47.9 Å². The van der Waals surface area contributed by atoms with Gasteiger partial charge >= 0.3 is 0 Å². The number of pyridine rings is 1. The number of rotatable bonds is 4. The lowest BCUT2D eigenvalue weighted by Gasteiger charge is -2.36. The molecule has 8 heteroatoms. The van der Waals surface area contributed by atoms with Gasteiger partial charge in [0.15, 0.2) is 0 Å². The Bertz CT molecular complexity index is 862. The van der Waals surface area contributed by atoms with Crippen molar-refractivity contribution in [2.24, 2.45) is 0 Å². The number of carbonyl (C=O) groups excluding carboxylic acids is 2. The summed E-state index contributed by atoms with van der Waals surface area (Å²) in [5.74, 6) is -0.557. The number of nitrogens with one attached hydrogen (secondary N) is 2. The molecule has 1 fully saturated rings. The number of morpholine rings is 1. The first-order valence-electron chi connectivity index (χ1n) is 9.07. The second-order valence-corrected chi connectivity index (χ2v) is 6.90. The summed E-state index contributed by atoms with van der Waals surface area (Å²) in [6, 6.07) is 7.47. The Hall–Kier alpha value is -3.00. The highest BCUT2D eigenvalue weighted by Gasteiger charge is 2.23. The van der Waals surface area contributed by atoms with E-state index in [1.54, 1.807) is 12.1 Å². The third-order valence-electron chi connectivity index (χ3n) is 4.29. The molecular weight excluding hydrogens is 363 g/mol. The Morgan fingerprint density at radius 2 is 1.86 bits per heavy atom. The molecule has 0 radical (unpaired) electrons. The number of aromatic nitrogens is 1. The van der Waals surface area contributed by atoms with Crippen LogP contribution in [0.2, 0.25) is 0 Å². The van der Waals surface area contributed by atoms with Crippen LogP contribution in [0.15, 0.2) is 36.5 Å². The van der Waals surface area contributed by atoms with Gasteiger partial charge in [-0.3, -0.25) is 9.59 Å². The smallest absolute Gasteiger partial charge is 0.257 e. The SMILES string of the molecule is CC(=O)Nc1cc(NC(=O)c2ccc(N3C[C@@H](C)O[C@H](C)C3)nc2)ccc1F. The van der Waals surface area contributed by atoms with E-state index in [0.29, 0.717) is 11.3 Å². The summed E-state index contributed by atoms with van der Waals surface area (Å²) < 4.78 is 19.4. The van der Waals surface area contributed by atoms with Crippen LogP contribution < -0.4 is 15.5 Å². The first-order valence-corrected chi connectivity index (χ1v) is 9.07. The van der Waals surface area contributed by atoms with Gasteiger partial charge in [-0.1, -0.05) is 0 Å². The Morgan fingerprint density at radius 3 is 2.46 bits per heavy atom. The maximum atomic E-state index is 13.7. The highest BCUT2D eigenvalue weighted by atomic mass is 19.1. The normalized spacial score (nSPS) is 19.2. The van der Waals surface area contributed by atoms with Gasteiger partial charge in [-0.25, -0.2) is 9.37 Å². The zero-order valence-corrected chi connectivity index (χ0v) is 16.0. The molecule has 0 saturated carbocycles. The molecule has 2 N–H and O–H groups in total. The number of nitrogens with zero attached hydrogens (tertiary/aromatic N) is 2. The molecule has 28 heavy (non-hydrogen) atoms. The predicted octanol–water partition coefficient (Wildman–Crippen LogP) is 3.05. The Balaban J connectivity index is 1.69. The minimum absolute atomic E-state index is 0.00864. The van der Waals surface area contributed by atoms with E-state index >= 15 is 0 Å². The molecule has 0 aliphatic carbocycles. The van der Waals surface area contributed by atoms with E-state index in [1.165, 1.54) is 31.3 Å². The fourth-order valence-electron chi connectivity index (χ4n) is 3.16. The van der Waals surface area contributed by atoms with Crippen LogP contribution >= 0.6 is 0 Å². The second-order valence-electron chi connectivity index (χ2n) is 6.90. The van der Waals surface area contributed by atoms with E-state index in [0.717, 1.165) is 18.9 Å². The Labute approximate surface area is 162 Å². The first kappa shape index (κ1) is 19.8. The standard InChI is InChI=1S/C20H23FN4O3/c1-12-10-25(11-13(2)28-12)19-7-4-15(9-22-19)20(27)24-16-5-6-17(21)18(8-16)23-14(3)26/h4-9,12-13H,10-11H2,1-3H3,(H,23,26)(H,24,27)/t12-,13-/m1/s1. The van der Waals surface area contributed by atoms with Crippen LogP contribution in [0.4, 0.5) is 21.6 Å². The van der Waals surface area contributed by atoms with Gasteiger partial charge < -0.3 is 20.3 Å². The Morgan fingerprint density at radius 1 is 1.14 bits per heavy atom. The minimum Gasteiger partial charge on any atom is -0.372 e. The molecule has 0 spiro atoms. The topological polar surface area (TPSA) is 83.6 Å². The van der Waals surface area contributed by atoms with Gasteiger partial charge in [0, 0.05) is 31.9 Å². The third kappa shape index (κ3) is 4.83. The number of halogens is 1. The van der Waals surface area contributed by atoms with Crippen molar-refractivity contribution in [3.63, 3.8) is 0 Å². The maximum Gasteiger partial charge on any atom is 0.257 e. The number of carbonyl (C=O) groups is 2. The molecule has 2 heterocycles. The molecule has 1 aromatic heterocycles. The van der Waals surface area contributed by atoms with Gasteiger partial charge in [-0.2, -0.15) is 0 Å². The molecule has 1 saturated heterocycles. The third-order valence-corrected chi connectivity index (χ3v) is 4.29. The lowest BCUT2D eigenvalue weighted by Crippen LogP contribution is -2.45. The molecule has 2 atom stereocenters. The number of ether oxygens (including phenoxy) is 1. The molecule has 1 aliphatic heterocycles. The van der Waals surface area contributed by atoms with Gasteiger partial charge in [-0.15, -0.1) is 0 Å². The summed E-state index contributed by atoms with van der Waals surface area (Å²) in [6.45, 7) is 6.80. The van der Waals surface area contributed by atoms with E-state index in [4.69, 9.17) is 4.74 Å². The van der Waals surface area contributed by atoms with E-state index in [1.807, 2.05) is 13.8 Å². The molecule has 2 aromatic rings. The van der Waals surface area contributed by atoms with Crippen LogP contribution in [0.1, 0.15) is 31.1 Å². The lowest BCUT2D eigenvalue weighted by molar-refractivity contribution is -0.114. The van der Waals surface area contributed by atoms with Crippen molar-refractivity contribution >= 4 is 29.0 Å². The summed E-state index contributed by atoms with van der Waals surface area (Å²) >= 11 is 0. The largest absolute Gasteiger partial charge is 0.372 e. The summed E-state index contributed by atoms with van der Waals surface area (Å²) in [7, 11) is 0. The Kier molecular flexibility index (Phi) is 5.89. The van der Waals surface area contributed by atoms with Crippen LogP contribution in [0, 0.1) is 5.82 Å². The summed E-state index contributed by atoms with van der Waals surface area (Å²) in [4.78, 5) is 30.1. The number of anilines is 3. The van der Waals surface area contributed by atoms with E-state index in [2.05, 4.69) is 20.5 Å². The van der Waals surface area contributed by atoms with Gasteiger partial charge in [-0.05, 0) is 44.2 Å². The molecule has 3 rings (SSSR count). The van der Waals surface area contributed by atoms with Crippen LogP contribution in [0.25, 0.3) is 0 Å². The van der Waals surface area contributed by atoms with Gasteiger partial charge in [0.25, 0.3) is 5.91 Å². The predicted molar refractivity (Wildman–Crippen MR) is 105 cm³/mol. The van der Waals surface area contributed by atoms with E-state index < -0.39 is 11.7 Å². The summed E-state index contributed by atoms with van der Waals surface area (Å²) in [6.07, 6.45) is 1.74. The van der Waals surface area contributed by atoms with Crippen molar-refractivity contribution in [1.82, 2.24) is 4.98 Å². The maximum absolute atomic E-state index is 13.7. The van der Waals surface area contributed by atoms with Crippen LogP contribution in [0.3, 0.4) is 0 Å². The molecule has 7 nitrogen and oxygen atoms in total. The highest BCUT2D eigenvalue weighted by molar-refractivity contribution is 6.04. The average molecular weight is 386 g/mol. The fraction of sp³-hybridized carbons (Fsp3) is 0.350. The van der Waals surface area contributed by atoms with Gasteiger partial charge in [0.05, 0.1) is 23.5 Å². The minimum atomic E-state index is -0.576.